The summed E-state index contributed by atoms with van der Waals surface area (Å²) in [4.78, 5) is 12.5. The predicted octanol–water partition coefficient (Wildman–Crippen LogP) is 2.99. The van der Waals surface area contributed by atoms with Gasteiger partial charge in [0.1, 0.15) is 11.8 Å². The van der Waals surface area contributed by atoms with Crippen LogP contribution in [0.3, 0.4) is 0 Å². The summed E-state index contributed by atoms with van der Waals surface area (Å²) in [5.74, 6) is 0.411. The van der Waals surface area contributed by atoms with Crippen molar-refractivity contribution in [2.24, 2.45) is 0 Å². The number of amides is 1. The van der Waals surface area contributed by atoms with Gasteiger partial charge in [0.25, 0.3) is 0 Å². The SMILES string of the molecule is COc1ccc2ccc(S(=O)(=O)N(Cc3ccsc3)[C@H]3CCNC3=O)cc2c1. The Morgan fingerprint density at radius 2 is 2.00 bits per heavy atom. The highest BCUT2D eigenvalue weighted by Crippen LogP contribution is 2.29. The third-order valence-electron chi connectivity index (χ3n) is 4.91. The van der Waals surface area contributed by atoms with Gasteiger partial charge in [0.2, 0.25) is 15.9 Å². The molecule has 8 heteroatoms. The third kappa shape index (κ3) is 3.50. The average molecular weight is 417 g/mol. The van der Waals surface area contributed by atoms with Crippen LogP contribution in [-0.2, 0) is 21.4 Å². The Balaban J connectivity index is 1.77. The summed E-state index contributed by atoms with van der Waals surface area (Å²) in [6, 6.07) is 11.7. The van der Waals surface area contributed by atoms with Crippen molar-refractivity contribution in [1.29, 1.82) is 0 Å². The molecule has 1 atom stereocenters. The Morgan fingerprint density at radius 1 is 1.18 bits per heavy atom. The maximum absolute atomic E-state index is 13.5. The summed E-state index contributed by atoms with van der Waals surface area (Å²) in [5, 5.41) is 8.23. The summed E-state index contributed by atoms with van der Waals surface area (Å²) in [6.07, 6.45) is 0.462. The van der Waals surface area contributed by atoms with E-state index in [-0.39, 0.29) is 17.3 Å². The molecule has 0 saturated carbocycles. The number of fused-ring (bicyclic) bond motifs is 1. The van der Waals surface area contributed by atoms with Crippen molar-refractivity contribution in [2.75, 3.05) is 13.7 Å². The fourth-order valence-corrected chi connectivity index (χ4v) is 5.71. The molecule has 28 heavy (non-hydrogen) atoms. The first-order chi connectivity index (χ1) is 13.5. The Labute approximate surface area is 167 Å². The molecule has 0 aliphatic carbocycles. The van der Waals surface area contributed by atoms with E-state index in [1.807, 2.05) is 29.0 Å². The van der Waals surface area contributed by atoms with Crippen LogP contribution >= 0.6 is 11.3 Å². The molecule has 1 aromatic heterocycles. The van der Waals surface area contributed by atoms with E-state index in [1.165, 1.54) is 15.6 Å². The van der Waals surface area contributed by atoms with E-state index in [0.717, 1.165) is 16.3 Å². The van der Waals surface area contributed by atoms with Gasteiger partial charge < -0.3 is 10.1 Å². The van der Waals surface area contributed by atoms with Crippen molar-refractivity contribution in [3.8, 4) is 5.75 Å². The van der Waals surface area contributed by atoms with Gasteiger partial charge >= 0.3 is 0 Å². The molecule has 0 unspecified atom stereocenters. The van der Waals surface area contributed by atoms with Crippen molar-refractivity contribution in [3.63, 3.8) is 0 Å². The van der Waals surface area contributed by atoms with Gasteiger partial charge in [-0.15, -0.1) is 0 Å². The quantitative estimate of drug-likeness (QED) is 0.670. The van der Waals surface area contributed by atoms with E-state index in [1.54, 1.807) is 31.4 Å². The lowest BCUT2D eigenvalue weighted by molar-refractivity contribution is -0.122. The summed E-state index contributed by atoms with van der Waals surface area (Å²) in [6.45, 7) is 0.647. The minimum Gasteiger partial charge on any atom is -0.497 e. The number of nitrogens with zero attached hydrogens (tertiary/aromatic N) is 1. The Hall–Kier alpha value is -2.42. The Bertz CT molecular complexity index is 1110. The maximum Gasteiger partial charge on any atom is 0.244 e. The van der Waals surface area contributed by atoms with Gasteiger partial charge in [-0.2, -0.15) is 15.6 Å². The summed E-state index contributed by atoms with van der Waals surface area (Å²) >= 11 is 1.50. The first-order valence-corrected chi connectivity index (χ1v) is 11.3. The predicted molar refractivity (Wildman–Crippen MR) is 109 cm³/mol. The van der Waals surface area contributed by atoms with Crippen molar-refractivity contribution in [3.05, 3.63) is 58.8 Å². The topological polar surface area (TPSA) is 75.7 Å². The molecule has 2 aromatic carbocycles. The molecule has 0 bridgehead atoms. The lowest BCUT2D eigenvalue weighted by atomic mass is 10.1. The monoisotopic (exact) mass is 416 g/mol. The minimum atomic E-state index is -3.87. The number of thiophene rings is 1. The van der Waals surface area contributed by atoms with Crippen molar-refractivity contribution >= 4 is 38.0 Å². The van der Waals surface area contributed by atoms with Gasteiger partial charge in [-0.3, -0.25) is 4.79 Å². The number of hydrogen-bond acceptors (Lipinski definition) is 5. The zero-order valence-electron chi connectivity index (χ0n) is 15.3. The Morgan fingerprint density at radius 3 is 2.68 bits per heavy atom. The molecule has 0 radical (unpaired) electrons. The van der Waals surface area contributed by atoms with Crippen molar-refractivity contribution < 1.29 is 17.9 Å². The van der Waals surface area contributed by atoms with Gasteiger partial charge in [-0.1, -0.05) is 12.1 Å². The number of benzene rings is 2. The second-order valence-electron chi connectivity index (χ2n) is 6.65. The van der Waals surface area contributed by atoms with Gasteiger partial charge in [-0.25, -0.2) is 8.42 Å². The van der Waals surface area contributed by atoms with Crippen LogP contribution in [0.15, 0.2) is 58.1 Å². The lowest BCUT2D eigenvalue weighted by Gasteiger charge is -2.26. The zero-order chi connectivity index (χ0) is 19.7. The van der Waals surface area contributed by atoms with Gasteiger partial charge in [0.05, 0.1) is 12.0 Å². The van der Waals surface area contributed by atoms with Gasteiger partial charge in [-0.05, 0) is 63.8 Å². The second kappa shape index (κ2) is 7.54. The molecule has 1 aliphatic heterocycles. The Kier molecular flexibility index (Phi) is 5.09. The largest absolute Gasteiger partial charge is 0.497 e. The van der Waals surface area contributed by atoms with E-state index in [2.05, 4.69) is 5.32 Å². The van der Waals surface area contributed by atoms with Gasteiger partial charge in [0.15, 0.2) is 0 Å². The summed E-state index contributed by atoms with van der Waals surface area (Å²) in [5.41, 5.74) is 0.871. The summed E-state index contributed by atoms with van der Waals surface area (Å²) < 4.78 is 33.6. The van der Waals surface area contributed by atoms with Crippen LogP contribution in [0.5, 0.6) is 5.75 Å². The number of ether oxygens (including phenoxy) is 1. The number of carbonyl (C=O) groups is 1. The molecule has 2 heterocycles. The molecule has 1 saturated heterocycles. The number of carbonyl (C=O) groups excluding carboxylic acids is 1. The smallest absolute Gasteiger partial charge is 0.244 e. The first-order valence-electron chi connectivity index (χ1n) is 8.87. The van der Waals surface area contributed by atoms with E-state index < -0.39 is 16.1 Å². The molecule has 146 valence electrons. The number of hydrogen-bond donors (Lipinski definition) is 1. The van der Waals surface area contributed by atoms with Crippen LogP contribution < -0.4 is 10.1 Å². The van der Waals surface area contributed by atoms with E-state index in [0.29, 0.717) is 18.7 Å². The number of sulfonamides is 1. The minimum absolute atomic E-state index is 0.167. The van der Waals surface area contributed by atoms with E-state index >= 15 is 0 Å². The highest BCUT2D eigenvalue weighted by atomic mass is 32.2. The molecule has 1 amide bonds. The van der Waals surface area contributed by atoms with Crippen LogP contribution in [0, 0.1) is 0 Å². The molecule has 4 rings (SSSR count). The highest BCUT2D eigenvalue weighted by Gasteiger charge is 2.38. The summed E-state index contributed by atoms with van der Waals surface area (Å²) in [7, 11) is -2.30. The standard InChI is InChI=1S/C20H20N2O4S2/c1-26-17-4-2-15-3-5-18(11-16(15)10-17)28(24,25)22(12-14-7-9-27-13-14)19-6-8-21-20(19)23/h2-5,7,9-11,13,19H,6,8,12H2,1H3,(H,21,23)/t19-/m0/s1. The molecule has 1 fully saturated rings. The first kappa shape index (κ1) is 18.9. The third-order valence-corrected chi connectivity index (χ3v) is 7.49. The fourth-order valence-electron chi connectivity index (χ4n) is 3.41. The number of rotatable bonds is 6. The number of nitrogens with one attached hydrogen (secondary N) is 1. The zero-order valence-corrected chi connectivity index (χ0v) is 16.9. The normalized spacial score (nSPS) is 17.2. The van der Waals surface area contributed by atoms with Crippen molar-refractivity contribution in [2.45, 2.75) is 23.9 Å². The maximum atomic E-state index is 13.5. The van der Waals surface area contributed by atoms with Crippen molar-refractivity contribution in [1.82, 2.24) is 9.62 Å². The van der Waals surface area contributed by atoms with Crippen LogP contribution in [0.25, 0.3) is 10.8 Å². The molecular formula is C20H20N2O4S2. The number of methoxy groups -OCH3 is 1. The van der Waals surface area contributed by atoms with E-state index in [4.69, 9.17) is 4.74 Å². The molecule has 1 N–H and O–H groups in total. The lowest BCUT2D eigenvalue weighted by Crippen LogP contribution is -2.43. The second-order valence-corrected chi connectivity index (χ2v) is 9.32. The molecule has 1 aliphatic rings. The van der Waals surface area contributed by atoms with Crippen LogP contribution in [0.2, 0.25) is 0 Å². The molecule has 3 aromatic rings. The molecule has 0 spiro atoms. The molecular weight excluding hydrogens is 396 g/mol. The van der Waals surface area contributed by atoms with Gasteiger partial charge in [0, 0.05) is 13.1 Å². The molecule has 6 nitrogen and oxygen atoms in total. The van der Waals surface area contributed by atoms with Crippen LogP contribution in [0.1, 0.15) is 12.0 Å². The highest BCUT2D eigenvalue weighted by molar-refractivity contribution is 7.89. The van der Waals surface area contributed by atoms with E-state index in [9.17, 15) is 13.2 Å². The fraction of sp³-hybridized carbons (Fsp3) is 0.250. The van der Waals surface area contributed by atoms with Crippen LogP contribution in [-0.4, -0.2) is 38.3 Å². The average Bonchev–Trinajstić information content (AvgIpc) is 3.36. The van der Waals surface area contributed by atoms with Crippen LogP contribution in [0.4, 0.5) is 0 Å².